The van der Waals surface area contributed by atoms with E-state index in [9.17, 15) is 0 Å². The lowest BCUT2D eigenvalue weighted by molar-refractivity contribution is 0.326. The van der Waals surface area contributed by atoms with Crippen LogP contribution in [0.1, 0.15) is 19.5 Å². The molecule has 0 aliphatic carbocycles. The highest BCUT2D eigenvalue weighted by atomic mass is 16.5. The van der Waals surface area contributed by atoms with Gasteiger partial charge in [-0.05, 0) is 20.8 Å². The zero-order chi connectivity index (χ0) is 12.1. The molecule has 1 unspecified atom stereocenters. The number of hydrogen-bond acceptors (Lipinski definition) is 5. The number of nitrogens with two attached hydrogens (primary N) is 1. The maximum atomic E-state index is 5.62. The summed E-state index contributed by atoms with van der Waals surface area (Å²) < 4.78 is 5.38. The van der Waals surface area contributed by atoms with Crippen molar-refractivity contribution < 1.29 is 4.74 Å². The van der Waals surface area contributed by atoms with Crippen LogP contribution < -0.4 is 15.4 Å². The Kier molecular flexibility index (Phi) is 4.49. The number of anilines is 1. The van der Waals surface area contributed by atoms with E-state index in [0.717, 1.165) is 5.69 Å². The summed E-state index contributed by atoms with van der Waals surface area (Å²) in [6.07, 6.45) is 0. The van der Waals surface area contributed by atoms with Crippen LogP contribution in [0.25, 0.3) is 0 Å². The molecular weight excluding hydrogens is 204 g/mol. The third-order valence-corrected chi connectivity index (χ3v) is 2.43. The molecule has 90 valence electrons. The van der Waals surface area contributed by atoms with E-state index in [1.165, 1.54) is 0 Å². The average Bonchev–Trinajstić information content (AvgIpc) is 2.26. The lowest BCUT2D eigenvalue weighted by Crippen LogP contribution is -2.36. The smallest absolute Gasteiger partial charge is 0.228 e. The molecule has 0 fully saturated rings. The van der Waals surface area contributed by atoms with Crippen molar-refractivity contribution in [3.05, 3.63) is 11.8 Å². The zero-order valence-corrected chi connectivity index (χ0v) is 10.4. The monoisotopic (exact) mass is 224 g/mol. The highest BCUT2D eigenvalue weighted by Gasteiger charge is 2.12. The molecule has 5 nitrogen and oxygen atoms in total. The number of likely N-dealkylation sites (N-methyl/N-ethyl adjacent to an activating group) is 1. The van der Waals surface area contributed by atoms with Gasteiger partial charge in [0.25, 0.3) is 0 Å². The van der Waals surface area contributed by atoms with Crippen molar-refractivity contribution in [3.8, 4) is 5.88 Å². The normalized spacial score (nSPS) is 12.3. The summed E-state index contributed by atoms with van der Waals surface area (Å²) >= 11 is 0. The minimum absolute atomic E-state index is 0.205. The van der Waals surface area contributed by atoms with Gasteiger partial charge in [0.2, 0.25) is 11.8 Å². The maximum absolute atomic E-state index is 5.62. The van der Waals surface area contributed by atoms with Gasteiger partial charge in [0.15, 0.2) is 0 Å². The minimum Gasteiger partial charge on any atom is -0.478 e. The van der Waals surface area contributed by atoms with Crippen LogP contribution in [0, 0.1) is 6.92 Å². The largest absolute Gasteiger partial charge is 0.478 e. The third-order valence-electron chi connectivity index (χ3n) is 2.43. The van der Waals surface area contributed by atoms with Gasteiger partial charge in [-0.15, -0.1) is 0 Å². The molecule has 0 aliphatic heterocycles. The molecule has 2 N–H and O–H groups in total. The molecule has 1 heterocycles. The fourth-order valence-corrected chi connectivity index (χ4v) is 1.26. The van der Waals surface area contributed by atoms with Gasteiger partial charge in [0.05, 0.1) is 6.61 Å². The topological polar surface area (TPSA) is 64.3 Å². The summed E-state index contributed by atoms with van der Waals surface area (Å²) in [7, 11) is 1.93. The Hall–Kier alpha value is -1.36. The molecule has 0 saturated carbocycles. The van der Waals surface area contributed by atoms with Crippen LogP contribution in [-0.2, 0) is 0 Å². The molecule has 5 heteroatoms. The van der Waals surface area contributed by atoms with E-state index in [0.29, 0.717) is 25.0 Å². The molecular formula is C11H20N4O. The van der Waals surface area contributed by atoms with Gasteiger partial charge in [-0.1, -0.05) is 0 Å². The number of ether oxygens (including phenoxy) is 1. The van der Waals surface area contributed by atoms with Gasteiger partial charge < -0.3 is 15.4 Å². The van der Waals surface area contributed by atoms with E-state index in [1.807, 2.05) is 38.8 Å². The van der Waals surface area contributed by atoms with Crippen LogP contribution in [0.2, 0.25) is 0 Å². The van der Waals surface area contributed by atoms with Crippen LogP contribution in [-0.4, -0.2) is 36.2 Å². The summed E-state index contributed by atoms with van der Waals surface area (Å²) in [4.78, 5) is 10.6. The highest BCUT2D eigenvalue weighted by molar-refractivity contribution is 5.34. The lowest BCUT2D eigenvalue weighted by Gasteiger charge is -2.24. The van der Waals surface area contributed by atoms with Crippen LogP contribution in [0.3, 0.4) is 0 Å². The van der Waals surface area contributed by atoms with Crippen LogP contribution >= 0.6 is 0 Å². The standard InChI is InChI=1S/C11H20N4O/c1-5-16-10-6-8(2)13-11(14-10)15(4)9(3)7-12/h6,9H,5,7,12H2,1-4H3. The average molecular weight is 224 g/mol. The minimum atomic E-state index is 0.205. The van der Waals surface area contributed by atoms with Gasteiger partial charge in [0, 0.05) is 31.4 Å². The molecule has 1 rings (SSSR count). The number of hydrogen-bond donors (Lipinski definition) is 1. The van der Waals surface area contributed by atoms with E-state index < -0.39 is 0 Å². The highest BCUT2D eigenvalue weighted by Crippen LogP contribution is 2.15. The molecule has 1 atom stereocenters. The first kappa shape index (κ1) is 12.7. The summed E-state index contributed by atoms with van der Waals surface area (Å²) in [6.45, 7) is 7.06. The Balaban J connectivity index is 2.94. The second kappa shape index (κ2) is 5.65. The van der Waals surface area contributed by atoms with Crippen molar-refractivity contribution in [2.75, 3.05) is 25.1 Å². The summed E-state index contributed by atoms with van der Waals surface area (Å²) in [5.74, 6) is 1.27. The third kappa shape index (κ3) is 3.06. The number of rotatable bonds is 5. The molecule has 0 aromatic carbocycles. The Morgan fingerprint density at radius 1 is 1.50 bits per heavy atom. The fraction of sp³-hybridized carbons (Fsp3) is 0.636. The van der Waals surface area contributed by atoms with Gasteiger partial charge in [0.1, 0.15) is 0 Å². The van der Waals surface area contributed by atoms with Gasteiger partial charge >= 0.3 is 0 Å². The Morgan fingerprint density at radius 2 is 2.19 bits per heavy atom. The molecule has 0 bridgehead atoms. The Morgan fingerprint density at radius 3 is 2.75 bits per heavy atom. The molecule has 1 aromatic rings. The molecule has 1 aromatic heterocycles. The van der Waals surface area contributed by atoms with Crippen molar-refractivity contribution in [2.24, 2.45) is 5.73 Å². The zero-order valence-electron chi connectivity index (χ0n) is 10.4. The van der Waals surface area contributed by atoms with Gasteiger partial charge in [-0.2, -0.15) is 4.98 Å². The number of aromatic nitrogens is 2. The second-order valence-corrected chi connectivity index (χ2v) is 3.78. The first-order valence-electron chi connectivity index (χ1n) is 5.49. The van der Waals surface area contributed by atoms with Crippen LogP contribution in [0.4, 0.5) is 5.95 Å². The molecule has 16 heavy (non-hydrogen) atoms. The van der Waals surface area contributed by atoms with E-state index in [2.05, 4.69) is 9.97 Å². The van der Waals surface area contributed by atoms with E-state index in [4.69, 9.17) is 10.5 Å². The predicted octanol–water partition coefficient (Wildman–Crippen LogP) is 0.967. The van der Waals surface area contributed by atoms with Gasteiger partial charge in [-0.3, -0.25) is 0 Å². The molecule has 0 spiro atoms. The molecule has 0 amide bonds. The first-order chi connectivity index (χ1) is 7.58. The Bertz CT molecular complexity index is 343. The van der Waals surface area contributed by atoms with E-state index in [1.54, 1.807) is 0 Å². The summed E-state index contributed by atoms with van der Waals surface area (Å²) in [5.41, 5.74) is 6.51. The predicted molar refractivity (Wildman–Crippen MR) is 64.9 cm³/mol. The second-order valence-electron chi connectivity index (χ2n) is 3.78. The SMILES string of the molecule is CCOc1cc(C)nc(N(C)C(C)CN)n1. The fourth-order valence-electron chi connectivity index (χ4n) is 1.26. The summed E-state index contributed by atoms with van der Waals surface area (Å²) in [5, 5.41) is 0. The van der Waals surface area contributed by atoms with Crippen molar-refractivity contribution in [2.45, 2.75) is 26.8 Å². The maximum Gasteiger partial charge on any atom is 0.228 e. The molecule has 0 saturated heterocycles. The first-order valence-corrected chi connectivity index (χ1v) is 5.49. The van der Waals surface area contributed by atoms with Crippen molar-refractivity contribution in [1.29, 1.82) is 0 Å². The quantitative estimate of drug-likeness (QED) is 0.807. The van der Waals surface area contributed by atoms with Crippen LogP contribution in [0.5, 0.6) is 5.88 Å². The van der Waals surface area contributed by atoms with E-state index in [-0.39, 0.29) is 6.04 Å². The number of aryl methyl sites for hydroxylation is 1. The summed E-state index contributed by atoms with van der Waals surface area (Å²) in [6, 6.07) is 2.03. The van der Waals surface area contributed by atoms with Crippen LogP contribution in [0.15, 0.2) is 6.07 Å². The van der Waals surface area contributed by atoms with Crippen molar-refractivity contribution in [1.82, 2.24) is 9.97 Å². The van der Waals surface area contributed by atoms with Gasteiger partial charge in [-0.25, -0.2) is 4.98 Å². The lowest BCUT2D eigenvalue weighted by atomic mass is 10.3. The van der Waals surface area contributed by atoms with Crippen molar-refractivity contribution in [3.63, 3.8) is 0 Å². The number of nitrogens with zero attached hydrogens (tertiary/aromatic N) is 3. The van der Waals surface area contributed by atoms with Crippen molar-refractivity contribution >= 4 is 5.95 Å². The Labute approximate surface area is 96.6 Å². The molecule has 0 aliphatic rings. The molecule has 0 radical (unpaired) electrons. The van der Waals surface area contributed by atoms with E-state index >= 15 is 0 Å².